The second kappa shape index (κ2) is 9.17. The zero-order chi connectivity index (χ0) is 34.2. The van der Waals surface area contributed by atoms with Gasteiger partial charge in [0.25, 0.3) is 0 Å². The highest BCUT2D eigenvalue weighted by Crippen LogP contribution is 2.60. The first kappa shape index (κ1) is 28.3. The van der Waals surface area contributed by atoms with Gasteiger partial charge in [0.05, 0.1) is 27.5 Å². The van der Waals surface area contributed by atoms with Gasteiger partial charge in [-0.25, -0.2) is 4.98 Å². The lowest BCUT2D eigenvalue weighted by Gasteiger charge is -2.51. The molecule has 8 aromatic rings. The number of hydrogen-bond acceptors (Lipinski definition) is 1. The van der Waals surface area contributed by atoms with E-state index in [0.717, 1.165) is 11.3 Å². The van der Waals surface area contributed by atoms with Crippen LogP contribution >= 0.6 is 0 Å². The third kappa shape index (κ3) is 3.06. The first-order chi connectivity index (χ1) is 25.4. The molecular weight excluding hydrogens is 629 g/mol. The van der Waals surface area contributed by atoms with E-state index in [1.54, 1.807) is 11.2 Å². The summed E-state index contributed by atoms with van der Waals surface area (Å²) in [5.74, 6) is 2.20. The summed E-state index contributed by atoms with van der Waals surface area (Å²) in [5.41, 5.74) is 20.7. The minimum atomic E-state index is -0.430. The Morgan fingerprint density at radius 3 is 2.13 bits per heavy atom. The van der Waals surface area contributed by atoms with Crippen LogP contribution in [0.3, 0.4) is 0 Å². The second-order valence-corrected chi connectivity index (χ2v) is 17.3. The molecule has 0 amide bonds. The molecule has 6 aromatic carbocycles. The normalized spacial score (nSPS) is 20.3. The highest BCUT2D eigenvalue weighted by atomic mass is 15.2. The first-order valence-corrected chi connectivity index (χ1v) is 19.4. The van der Waals surface area contributed by atoms with Gasteiger partial charge in [0, 0.05) is 11.1 Å². The number of nitrogens with zero attached hydrogens (tertiary/aromatic N) is 3. The summed E-state index contributed by atoms with van der Waals surface area (Å²) < 4.78 is 5.20. The Labute approximate surface area is 303 Å². The molecule has 248 valence electrons. The number of benzene rings is 6. The fraction of sp³-hybridized carbons (Fsp3) is 0.229. The van der Waals surface area contributed by atoms with Gasteiger partial charge in [0.2, 0.25) is 12.5 Å². The lowest BCUT2D eigenvalue weighted by Crippen LogP contribution is -2.61. The molecule has 4 heterocycles. The molecule has 3 nitrogen and oxygen atoms in total. The van der Waals surface area contributed by atoms with E-state index in [1.165, 1.54) is 103 Å². The highest BCUT2D eigenvalue weighted by molar-refractivity contribution is 6.95. The third-order valence-electron chi connectivity index (χ3n) is 14.0. The second-order valence-electron chi connectivity index (χ2n) is 17.3. The number of hydrogen-bond donors (Lipinski definition) is 0. The van der Waals surface area contributed by atoms with Crippen LogP contribution in [0.5, 0.6) is 0 Å². The van der Waals surface area contributed by atoms with Crippen LogP contribution in [0.25, 0.3) is 55.4 Å². The Morgan fingerprint density at radius 2 is 1.37 bits per heavy atom. The molecule has 4 aliphatic carbocycles. The molecule has 4 heteroatoms. The Bertz CT molecular complexity index is 2930. The number of para-hydroxylation sites is 2. The molecule has 2 aromatic heterocycles. The Morgan fingerprint density at radius 1 is 0.673 bits per heavy atom. The third-order valence-corrected chi connectivity index (χ3v) is 14.0. The van der Waals surface area contributed by atoms with Crippen LogP contribution in [-0.2, 0) is 10.8 Å². The molecule has 0 atom stereocenters. The highest BCUT2D eigenvalue weighted by Gasteiger charge is 2.57. The minimum absolute atomic E-state index is 0.0348. The molecule has 0 unspecified atom stereocenters. The van der Waals surface area contributed by atoms with E-state index < -0.39 is 5.41 Å². The lowest BCUT2D eigenvalue weighted by molar-refractivity contribution is 0.325. The molecule has 1 fully saturated rings. The Hall–Kier alpha value is -5.35. The van der Waals surface area contributed by atoms with Crippen molar-refractivity contribution in [3.63, 3.8) is 0 Å². The number of fused-ring (bicyclic) bond motifs is 16. The summed E-state index contributed by atoms with van der Waals surface area (Å²) in [6.45, 7) is 7.36. The average molecular weight is 668 g/mol. The van der Waals surface area contributed by atoms with Gasteiger partial charge in [-0.3, -0.25) is 8.97 Å². The predicted octanol–water partition coefficient (Wildman–Crippen LogP) is 9.76. The van der Waals surface area contributed by atoms with E-state index in [4.69, 9.17) is 4.98 Å². The van der Waals surface area contributed by atoms with Gasteiger partial charge < -0.3 is 0 Å². The number of aromatic nitrogens is 3. The molecule has 0 saturated heterocycles. The average Bonchev–Trinajstić information content (AvgIpc) is 3.71. The molecule has 0 radical (unpaired) electrons. The van der Waals surface area contributed by atoms with Crippen LogP contribution in [0.15, 0.2) is 121 Å². The number of rotatable bonds is 0. The molecule has 1 spiro atoms. The maximum atomic E-state index is 5.55. The topological polar surface area (TPSA) is 22.2 Å². The van der Waals surface area contributed by atoms with Gasteiger partial charge in [0.15, 0.2) is 0 Å². The molecular formula is C48H38BN3. The fourth-order valence-corrected chi connectivity index (χ4v) is 12.0. The van der Waals surface area contributed by atoms with Crippen molar-refractivity contribution in [1.82, 2.24) is 14.0 Å². The van der Waals surface area contributed by atoms with Crippen molar-refractivity contribution in [2.75, 3.05) is 0 Å². The largest absolute Gasteiger partial charge is 0.284 e. The van der Waals surface area contributed by atoms with Gasteiger partial charge >= 0.3 is 0 Å². The lowest BCUT2D eigenvalue weighted by atomic mass is 9.26. The minimum Gasteiger partial charge on any atom is -0.284 e. The van der Waals surface area contributed by atoms with Crippen LogP contribution < -0.4 is 10.9 Å². The Balaban J connectivity index is 1.33. The van der Waals surface area contributed by atoms with Gasteiger partial charge in [-0.15, -0.1) is 0 Å². The van der Waals surface area contributed by atoms with Crippen molar-refractivity contribution < 1.29 is 0 Å². The van der Waals surface area contributed by atoms with E-state index in [-0.39, 0.29) is 12.1 Å². The first-order valence-electron chi connectivity index (χ1n) is 19.4. The quantitative estimate of drug-likeness (QED) is 0.148. The van der Waals surface area contributed by atoms with Crippen LogP contribution in [0.2, 0.25) is 0 Å². The predicted molar refractivity (Wildman–Crippen MR) is 215 cm³/mol. The van der Waals surface area contributed by atoms with Crippen LogP contribution in [0.1, 0.15) is 74.3 Å². The Kier molecular flexibility index (Phi) is 4.98. The standard InChI is InChI=1S/C48H38BN3/c1-47(2,3)30-23-24-35-37(26-30)49-42-27-19-21-28(22-20-27)44(42)52-45-41-29(11-10-18-40(41)51-39-17-9-8-16-38(39)50-46(51)52)25-36(43(45)49)48(35)33-14-6-4-12-31(33)32-13-5-7-15-34(32)48/h4-18,23-28H,19-22H2,1-3H3. The van der Waals surface area contributed by atoms with Crippen molar-refractivity contribution >= 4 is 62.0 Å². The van der Waals surface area contributed by atoms with Gasteiger partial charge in [0.1, 0.15) is 0 Å². The van der Waals surface area contributed by atoms with Crippen molar-refractivity contribution in [2.24, 2.45) is 11.8 Å². The smallest absolute Gasteiger partial charge is 0.242 e. The summed E-state index contributed by atoms with van der Waals surface area (Å²) in [4.78, 5) is 5.55. The number of allylic oxidation sites excluding steroid dienone is 2. The monoisotopic (exact) mass is 667 g/mol. The van der Waals surface area contributed by atoms with E-state index in [1.807, 2.05) is 0 Å². The molecule has 52 heavy (non-hydrogen) atoms. The fourth-order valence-electron chi connectivity index (χ4n) is 12.0. The van der Waals surface area contributed by atoms with Crippen molar-refractivity contribution in [3.8, 4) is 11.1 Å². The number of imidazole rings is 1. The van der Waals surface area contributed by atoms with Crippen molar-refractivity contribution in [2.45, 2.75) is 57.3 Å². The summed E-state index contributed by atoms with van der Waals surface area (Å²) in [6.07, 6.45) is 5.12. The van der Waals surface area contributed by atoms with Crippen LogP contribution in [0.4, 0.5) is 0 Å². The van der Waals surface area contributed by atoms with Gasteiger partial charge in [-0.2, -0.15) is 0 Å². The van der Waals surface area contributed by atoms with E-state index in [0.29, 0.717) is 11.8 Å². The molecule has 0 N–H and O–H groups in total. The van der Waals surface area contributed by atoms with Crippen LogP contribution in [0, 0.1) is 11.8 Å². The molecule has 2 bridgehead atoms. The van der Waals surface area contributed by atoms with E-state index in [2.05, 4.69) is 145 Å². The van der Waals surface area contributed by atoms with E-state index >= 15 is 0 Å². The van der Waals surface area contributed by atoms with Gasteiger partial charge in [-0.1, -0.05) is 123 Å². The zero-order valence-corrected chi connectivity index (χ0v) is 29.9. The summed E-state index contributed by atoms with van der Waals surface area (Å²) in [6, 6.07) is 44.6. The van der Waals surface area contributed by atoms with Crippen LogP contribution in [-0.4, -0.2) is 20.7 Å². The zero-order valence-electron chi connectivity index (χ0n) is 29.9. The molecule has 14 rings (SSSR count). The van der Waals surface area contributed by atoms with Crippen molar-refractivity contribution in [1.29, 1.82) is 0 Å². The molecule has 1 saturated carbocycles. The molecule has 2 aliphatic heterocycles. The summed E-state index contributed by atoms with van der Waals surface area (Å²) >= 11 is 0. The summed E-state index contributed by atoms with van der Waals surface area (Å²) in [5, 5.41) is 2.69. The maximum Gasteiger partial charge on any atom is 0.242 e. The molecule has 6 aliphatic rings. The SMILES string of the molecule is CC(C)(C)c1ccc2c(c1)B1C3=C(C4CCC3CC4)n3c4c1c(cc1cccc(c14)n1c4ccccc4nc31)C21c2ccccc2-c2ccccc21. The van der Waals surface area contributed by atoms with Crippen molar-refractivity contribution in [3.05, 3.63) is 149 Å². The maximum absolute atomic E-state index is 5.55. The van der Waals surface area contributed by atoms with E-state index in [9.17, 15) is 0 Å². The van der Waals surface area contributed by atoms with Gasteiger partial charge in [-0.05, 0) is 117 Å². The summed E-state index contributed by atoms with van der Waals surface area (Å²) in [7, 11) is 0.